The van der Waals surface area contributed by atoms with Crippen LogP contribution in [0.3, 0.4) is 0 Å². The van der Waals surface area contributed by atoms with E-state index in [1.807, 2.05) is 0 Å². The molecule has 1 aromatic heterocycles. The van der Waals surface area contributed by atoms with Crippen LogP contribution in [0.4, 0.5) is 0 Å². The van der Waals surface area contributed by atoms with Gasteiger partial charge in [0.05, 0.1) is 0 Å². The van der Waals surface area contributed by atoms with E-state index in [1.165, 1.54) is 16.8 Å². The van der Waals surface area contributed by atoms with Crippen LogP contribution in [0.1, 0.15) is 11.4 Å². The van der Waals surface area contributed by atoms with Crippen LogP contribution in [0.2, 0.25) is 0 Å². The minimum atomic E-state index is -3.67. The molecule has 0 spiro atoms. The molecule has 0 saturated carbocycles. The average Bonchev–Trinajstić information content (AvgIpc) is 2.93. The van der Waals surface area contributed by atoms with Crippen molar-refractivity contribution in [1.82, 2.24) is 9.55 Å². The van der Waals surface area contributed by atoms with Gasteiger partial charge in [-0.05, 0) is 12.1 Å². The van der Waals surface area contributed by atoms with Crippen molar-refractivity contribution in [2.24, 2.45) is 10.1 Å². The molecular weight excluding hydrogens is 284 g/mol. The van der Waals surface area contributed by atoms with Crippen molar-refractivity contribution in [3.05, 3.63) is 48.0 Å². The second-order valence-electron chi connectivity index (χ2n) is 3.87. The Labute approximate surface area is 114 Å². The van der Waals surface area contributed by atoms with E-state index in [-0.39, 0.29) is 15.7 Å². The molecule has 0 amide bonds. The van der Waals surface area contributed by atoms with E-state index in [0.717, 1.165) is 0 Å². The maximum atomic E-state index is 12.0. The minimum absolute atomic E-state index is 0.0782. The van der Waals surface area contributed by atoms with E-state index in [2.05, 4.69) is 9.38 Å². The SMILES string of the molecule is NC(=S)c1nccn1C1=NS(=O)(=O)c2ccccc21. The van der Waals surface area contributed by atoms with Crippen molar-refractivity contribution >= 4 is 33.1 Å². The van der Waals surface area contributed by atoms with Gasteiger partial charge in [-0.2, -0.15) is 8.42 Å². The van der Waals surface area contributed by atoms with Crippen molar-refractivity contribution < 1.29 is 8.42 Å². The van der Waals surface area contributed by atoms with Gasteiger partial charge >= 0.3 is 0 Å². The summed E-state index contributed by atoms with van der Waals surface area (Å²) in [6.07, 6.45) is 3.06. The van der Waals surface area contributed by atoms with Gasteiger partial charge in [0.15, 0.2) is 11.7 Å². The molecule has 2 aromatic rings. The fourth-order valence-corrected chi connectivity index (χ4v) is 3.27. The van der Waals surface area contributed by atoms with Crippen molar-refractivity contribution in [2.45, 2.75) is 4.90 Å². The van der Waals surface area contributed by atoms with Crippen LogP contribution in [-0.2, 0) is 10.0 Å². The second-order valence-corrected chi connectivity index (χ2v) is 5.88. The third-order valence-corrected chi connectivity index (χ3v) is 4.21. The molecule has 8 heteroatoms. The molecular formula is C11H8N4O2S2. The van der Waals surface area contributed by atoms with E-state index in [4.69, 9.17) is 18.0 Å². The molecule has 2 heterocycles. The molecule has 6 nitrogen and oxygen atoms in total. The number of benzene rings is 1. The number of rotatable bonds is 1. The van der Waals surface area contributed by atoms with E-state index < -0.39 is 10.0 Å². The number of nitrogens with zero attached hydrogens (tertiary/aromatic N) is 3. The Kier molecular flexibility index (Phi) is 2.51. The van der Waals surface area contributed by atoms with Gasteiger partial charge in [-0.15, -0.1) is 4.40 Å². The number of nitrogens with two attached hydrogens (primary N) is 1. The summed E-state index contributed by atoms with van der Waals surface area (Å²) in [5, 5.41) is 0. The fraction of sp³-hybridized carbons (Fsp3) is 0. The van der Waals surface area contributed by atoms with Gasteiger partial charge in [0.2, 0.25) is 0 Å². The standard InChI is InChI=1S/C11H8N4O2S2/c12-9(18)11-13-5-6-15(11)10-7-3-1-2-4-8(7)19(16,17)14-10/h1-6H,(H2,12,18). The molecule has 0 saturated heterocycles. The third-order valence-electron chi connectivity index (χ3n) is 2.70. The third kappa shape index (κ3) is 1.76. The van der Waals surface area contributed by atoms with E-state index in [0.29, 0.717) is 11.4 Å². The predicted octanol–water partition coefficient (Wildman–Crippen LogP) is 0.514. The molecule has 0 atom stereocenters. The lowest BCUT2D eigenvalue weighted by Gasteiger charge is -2.06. The molecule has 2 N–H and O–H groups in total. The molecule has 0 radical (unpaired) electrons. The molecule has 3 rings (SSSR count). The smallest absolute Gasteiger partial charge is 0.285 e. The minimum Gasteiger partial charge on any atom is -0.387 e. The number of thiocarbonyl (C=S) groups is 1. The van der Waals surface area contributed by atoms with Crippen molar-refractivity contribution in [3.8, 4) is 0 Å². The molecule has 1 aliphatic heterocycles. The number of aromatic nitrogens is 2. The quantitative estimate of drug-likeness (QED) is 0.774. The van der Waals surface area contributed by atoms with Crippen molar-refractivity contribution in [2.75, 3.05) is 0 Å². The lowest BCUT2D eigenvalue weighted by atomic mass is 10.2. The summed E-state index contributed by atoms with van der Waals surface area (Å²) in [6, 6.07) is 6.59. The Balaban J connectivity index is 2.29. The summed E-state index contributed by atoms with van der Waals surface area (Å²) in [6.45, 7) is 0. The number of hydrogen-bond acceptors (Lipinski definition) is 4. The van der Waals surface area contributed by atoms with Crippen LogP contribution in [0.5, 0.6) is 0 Å². The summed E-state index contributed by atoms with van der Waals surface area (Å²) < 4.78 is 29.2. The predicted molar refractivity (Wildman–Crippen MR) is 73.7 cm³/mol. The van der Waals surface area contributed by atoms with Crippen LogP contribution in [0, 0.1) is 0 Å². The zero-order valence-electron chi connectivity index (χ0n) is 9.52. The zero-order chi connectivity index (χ0) is 13.6. The van der Waals surface area contributed by atoms with E-state index >= 15 is 0 Å². The molecule has 19 heavy (non-hydrogen) atoms. The van der Waals surface area contributed by atoms with Gasteiger partial charge in [-0.25, -0.2) is 4.98 Å². The second kappa shape index (κ2) is 3.97. The van der Waals surface area contributed by atoms with E-state index in [1.54, 1.807) is 24.4 Å². The Bertz CT molecular complexity index is 821. The Morgan fingerprint density at radius 2 is 2.05 bits per heavy atom. The van der Waals surface area contributed by atoms with Crippen LogP contribution >= 0.6 is 12.2 Å². The number of sulfonamides is 1. The van der Waals surface area contributed by atoms with Gasteiger partial charge in [0.25, 0.3) is 10.0 Å². The lowest BCUT2D eigenvalue weighted by molar-refractivity contribution is 0.599. The summed E-state index contributed by atoms with van der Waals surface area (Å²) in [4.78, 5) is 4.25. The first-order valence-electron chi connectivity index (χ1n) is 5.28. The van der Waals surface area contributed by atoms with E-state index in [9.17, 15) is 8.42 Å². The van der Waals surface area contributed by atoms with Crippen LogP contribution in [-0.4, -0.2) is 28.8 Å². The maximum absolute atomic E-state index is 12.0. The fourth-order valence-electron chi connectivity index (χ4n) is 1.92. The monoisotopic (exact) mass is 292 g/mol. The molecule has 0 fully saturated rings. The highest BCUT2D eigenvalue weighted by atomic mass is 32.2. The molecule has 1 aromatic carbocycles. The Hall–Kier alpha value is -2.06. The summed E-state index contributed by atoms with van der Waals surface area (Å²) in [5.41, 5.74) is 6.07. The van der Waals surface area contributed by atoms with Gasteiger partial charge in [0.1, 0.15) is 9.88 Å². The van der Waals surface area contributed by atoms with Gasteiger partial charge < -0.3 is 5.73 Å². The Morgan fingerprint density at radius 1 is 1.32 bits per heavy atom. The summed E-state index contributed by atoms with van der Waals surface area (Å²) in [7, 11) is -3.67. The Morgan fingerprint density at radius 3 is 2.79 bits per heavy atom. The van der Waals surface area contributed by atoms with Gasteiger partial charge in [-0.1, -0.05) is 24.4 Å². The molecule has 96 valence electrons. The average molecular weight is 292 g/mol. The van der Waals surface area contributed by atoms with Crippen LogP contribution in [0.15, 0.2) is 46.0 Å². The van der Waals surface area contributed by atoms with Gasteiger partial charge in [-0.3, -0.25) is 4.57 Å². The normalized spacial score (nSPS) is 15.9. The zero-order valence-corrected chi connectivity index (χ0v) is 11.1. The highest BCUT2D eigenvalue weighted by Gasteiger charge is 2.30. The molecule has 0 aliphatic carbocycles. The largest absolute Gasteiger partial charge is 0.387 e. The first-order chi connectivity index (χ1) is 9.00. The molecule has 0 unspecified atom stereocenters. The summed E-state index contributed by atoms with van der Waals surface area (Å²) in [5.74, 6) is 0.566. The van der Waals surface area contributed by atoms with Gasteiger partial charge in [0, 0.05) is 18.0 Å². The first kappa shape index (κ1) is 12.0. The lowest BCUT2D eigenvalue weighted by Crippen LogP contribution is -2.21. The van der Waals surface area contributed by atoms with Crippen molar-refractivity contribution in [1.29, 1.82) is 0 Å². The number of fused-ring (bicyclic) bond motifs is 1. The summed E-state index contributed by atoms with van der Waals surface area (Å²) >= 11 is 4.88. The number of hydrogen-bond donors (Lipinski definition) is 1. The highest BCUT2D eigenvalue weighted by Crippen LogP contribution is 2.26. The number of imidazole rings is 1. The van der Waals surface area contributed by atoms with Crippen LogP contribution in [0.25, 0.3) is 0 Å². The first-order valence-corrected chi connectivity index (χ1v) is 7.13. The van der Waals surface area contributed by atoms with Crippen LogP contribution < -0.4 is 5.73 Å². The van der Waals surface area contributed by atoms with Crippen molar-refractivity contribution in [3.63, 3.8) is 0 Å². The maximum Gasteiger partial charge on any atom is 0.285 e. The highest BCUT2D eigenvalue weighted by molar-refractivity contribution is 7.90. The topological polar surface area (TPSA) is 90.3 Å². The molecule has 1 aliphatic rings. The molecule has 0 bridgehead atoms.